The quantitative estimate of drug-likeness (QED) is 0.542. The van der Waals surface area contributed by atoms with E-state index in [0.29, 0.717) is 6.42 Å². The van der Waals surface area contributed by atoms with Crippen LogP contribution in [0, 0.1) is 0 Å². The highest BCUT2D eigenvalue weighted by Crippen LogP contribution is 2.34. The first kappa shape index (κ1) is 18.0. The number of carbonyl (C=O) groups excluding carboxylic acids is 1. The van der Waals surface area contributed by atoms with Crippen molar-refractivity contribution in [3.05, 3.63) is 35.5 Å². The Morgan fingerprint density at radius 2 is 1.92 bits per heavy atom. The van der Waals surface area contributed by atoms with E-state index in [1.54, 1.807) is 0 Å². The van der Waals surface area contributed by atoms with Crippen LogP contribution >= 0.6 is 0 Å². The molecule has 25 heavy (non-hydrogen) atoms. The second-order valence-electron chi connectivity index (χ2n) is 7.12. The molecule has 1 aliphatic rings. The van der Waals surface area contributed by atoms with Gasteiger partial charge < -0.3 is 9.72 Å². The number of hydrogen-bond donors (Lipinski definition) is 2. The van der Waals surface area contributed by atoms with Crippen molar-refractivity contribution in [2.75, 3.05) is 7.11 Å². The molecule has 0 radical (unpaired) electrons. The Kier molecular flexibility index (Phi) is 6.14. The van der Waals surface area contributed by atoms with E-state index in [4.69, 9.17) is 4.74 Å². The molecule has 1 aromatic heterocycles. The number of para-hydroxylation sites is 1. The molecule has 4 heteroatoms. The summed E-state index contributed by atoms with van der Waals surface area (Å²) in [6.45, 7) is 2.25. The van der Waals surface area contributed by atoms with Crippen molar-refractivity contribution in [2.45, 2.75) is 70.4 Å². The minimum Gasteiger partial charge on any atom is -0.468 e. The van der Waals surface area contributed by atoms with Gasteiger partial charge in [-0.1, -0.05) is 63.6 Å². The average Bonchev–Trinajstić information content (AvgIpc) is 3.02. The monoisotopic (exact) mass is 342 g/mol. The smallest absolute Gasteiger partial charge is 0.323 e. The first-order valence-corrected chi connectivity index (χ1v) is 9.68. The number of H-pyrrole nitrogens is 1. The zero-order valence-electron chi connectivity index (χ0n) is 15.4. The SMILES string of the molecule is CCCCCCCC[C@H]1N[C@H](C(=O)OC)Cc2c1[nH]c1ccccc21. The van der Waals surface area contributed by atoms with Gasteiger partial charge in [0.1, 0.15) is 6.04 Å². The lowest BCUT2D eigenvalue weighted by Crippen LogP contribution is -2.45. The zero-order valence-corrected chi connectivity index (χ0v) is 15.4. The number of fused-ring (bicyclic) bond motifs is 3. The van der Waals surface area contributed by atoms with E-state index < -0.39 is 0 Å². The standard InChI is InChI=1S/C21H30N2O2/c1-3-4-5-6-7-8-13-18-20-16(14-19(22-18)21(24)25-2)15-11-9-10-12-17(15)23-20/h9-12,18-19,22-23H,3-8,13-14H2,1-2H3/t18-,19+/m1/s1. The number of benzene rings is 1. The Morgan fingerprint density at radius 1 is 1.16 bits per heavy atom. The fourth-order valence-electron chi connectivity index (χ4n) is 3.98. The number of ether oxygens (including phenoxy) is 1. The van der Waals surface area contributed by atoms with Gasteiger partial charge in [-0.2, -0.15) is 0 Å². The van der Waals surface area contributed by atoms with Gasteiger partial charge in [0, 0.05) is 29.1 Å². The molecule has 0 fully saturated rings. The van der Waals surface area contributed by atoms with Crippen LogP contribution in [0.3, 0.4) is 0 Å². The van der Waals surface area contributed by atoms with Gasteiger partial charge >= 0.3 is 5.97 Å². The van der Waals surface area contributed by atoms with E-state index in [2.05, 4.69) is 41.5 Å². The van der Waals surface area contributed by atoms with Crippen LogP contribution in [0.1, 0.15) is 69.2 Å². The van der Waals surface area contributed by atoms with Crippen LogP contribution in [0.5, 0.6) is 0 Å². The maximum Gasteiger partial charge on any atom is 0.323 e. The number of carbonyl (C=O) groups is 1. The van der Waals surface area contributed by atoms with Gasteiger partial charge in [0.05, 0.1) is 7.11 Å². The van der Waals surface area contributed by atoms with Crippen LogP contribution in [-0.4, -0.2) is 24.1 Å². The van der Waals surface area contributed by atoms with E-state index >= 15 is 0 Å². The van der Waals surface area contributed by atoms with Crippen molar-refractivity contribution in [3.63, 3.8) is 0 Å². The maximum atomic E-state index is 12.1. The molecule has 0 amide bonds. The Labute approximate surface area is 150 Å². The van der Waals surface area contributed by atoms with E-state index in [9.17, 15) is 4.79 Å². The fraction of sp³-hybridized carbons (Fsp3) is 0.571. The molecule has 0 spiro atoms. The van der Waals surface area contributed by atoms with Crippen LogP contribution in [0.4, 0.5) is 0 Å². The molecule has 0 bridgehead atoms. The Bertz CT molecular complexity index is 707. The summed E-state index contributed by atoms with van der Waals surface area (Å²) in [6, 6.07) is 8.33. The molecular weight excluding hydrogens is 312 g/mol. The molecule has 0 aliphatic carbocycles. The maximum absolute atomic E-state index is 12.1. The largest absolute Gasteiger partial charge is 0.468 e. The summed E-state index contributed by atoms with van der Waals surface area (Å²) in [6.07, 6.45) is 9.44. The number of unbranched alkanes of at least 4 members (excludes halogenated alkanes) is 5. The molecule has 1 aromatic carbocycles. The van der Waals surface area contributed by atoms with Gasteiger partial charge in [-0.05, 0) is 18.1 Å². The summed E-state index contributed by atoms with van der Waals surface area (Å²) in [4.78, 5) is 15.7. The van der Waals surface area contributed by atoms with Gasteiger partial charge in [-0.25, -0.2) is 0 Å². The van der Waals surface area contributed by atoms with Crippen LogP contribution in [0.25, 0.3) is 10.9 Å². The van der Waals surface area contributed by atoms with Crippen molar-refractivity contribution in [3.8, 4) is 0 Å². The van der Waals surface area contributed by atoms with Crippen molar-refractivity contribution >= 4 is 16.9 Å². The molecule has 2 heterocycles. The van der Waals surface area contributed by atoms with Gasteiger partial charge in [0.2, 0.25) is 0 Å². The molecular formula is C21H30N2O2. The van der Waals surface area contributed by atoms with Crippen LogP contribution in [0.2, 0.25) is 0 Å². The van der Waals surface area contributed by atoms with Gasteiger partial charge in [0.15, 0.2) is 0 Å². The van der Waals surface area contributed by atoms with E-state index in [1.165, 1.54) is 62.3 Å². The summed E-state index contributed by atoms with van der Waals surface area (Å²) in [5.74, 6) is -0.163. The third-order valence-electron chi connectivity index (χ3n) is 5.34. The normalized spacial score (nSPS) is 19.8. The predicted molar refractivity (Wildman–Crippen MR) is 102 cm³/mol. The predicted octanol–water partition coefficient (Wildman–Crippen LogP) is 4.65. The molecule has 4 nitrogen and oxygen atoms in total. The third kappa shape index (κ3) is 4.06. The molecule has 1 aliphatic heterocycles. The van der Waals surface area contributed by atoms with Crippen molar-refractivity contribution in [1.82, 2.24) is 10.3 Å². The number of nitrogens with one attached hydrogen (secondary N) is 2. The summed E-state index contributed by atoms with van der Waals surface area (Å²) in [7, 11) is 1.47. The lowest BCUT2D eigenvalue weighted by molar-refractivity contribution is -0.143. The summed E-state index contributed by atoms with van der Waals surface area (Å²) in [5, 5.41) is 4.75. The van der Waals surface area contributed by atoms with Gasteiger partial charge in [-0.3, -0.25) is 10.1 Å². The molecule has 2 N–H and O–H groups in total. The fourth-order valence-corrected chi connectivity index (χ4v) is 3.98. The van der Waals surface area contributed by atoms with Crippen molar-refractivity contribution in [2.24, 2.45) is 0 Å². The lowest BCUT2D eigenvalue weighted by Gasteiger charge is -2.30. The average molecular weight is 342 g/mol. The first-order chi connectivity index (χ1) is 12.2. The summed E-state index contributed by atoms with van der Waals surface area (Å²) in [5.41, 5.74) is 3.70. The number of aromatic nitrogens is 1. The second-order valence-corrected chi connectivity index (χ2v) is 7.12. The summed E-state index contributed by atoms with van der Waals surface area (Å²) < 4.78 is 5.00. The molecule has 136 valence electrons. The highest BCUT2D eigenvalue weighted by atomic mass is 16.5. The van der Waals surface area contributed by atoms with Gasteiger partial charge in [-0.15, -0.1) is 0 Å². The Balaban J connectivity index is 1.74. The van der Waals surface area contributed by atoms with Gasteiger partial charge in [0.25, 0.3) is 0 Å². The number of esters is 1. The zero-order chi connectivity index (χ0) is 17.6. The van der Waals surface area contributed by atoms with Crippen molar-refractivity contribution < 1.29 is 9.53 Å². The van der Waals surface area contributed by atoms with E-state index in [1.807, 2.05) is 0 Å². The number of hydrogen-bond acceptors (Lipinski definition) is 3. The summed E-state index contributed by atoms with van der Waals surface area (Å²) >= 11 is 0. The topological polar surface area (TPSA) is 54.1 Å². The molecule has 3 rings (SSSR count). The van der Waals surface area contributed by atoms with Crippen LogP contribution in [-0.2, 0) is 16.0 Å². The first-order valence-electron chi connectivity index (χ1n) is 9.68. The van der Waals surface area contributed by atoms with E-state index in [-0.39, 0.29) is 18.1 Å². The number of aromatic amines is 1. The molecule has 2 atom stereocenters. The van der Waals surface area contributed by atoms with Crippen LogP contribution < -0.4 is 5.32 Å². The highest BCUT2D eigenvalue weighted by Gasteiger charge is 2.33. The minimum absolute atomic E-state index is 0.163. The molecule has 2 aromatic rings. The molecule has 0 unspecified atom stereocenters. The van der Waals surface area contributed by atoms with E-state index in [0.717, 1.165) is 11.9 Å². The third-order valence-corrected chi connectivity index (χ3v) is 5.34. The minimum atomic E-state index is -0.248. The lowest BCUT2D eigenvalue weighted by atomic mass is 9.91. The molecule has 0 saturated carbocycles. The Hall–Kier alpha value is -1.81. The van der Waals surface area contributed by atoms with Crippen molar-refractivity contribution in [1.29, 1.82) is 0 Å². The highest BCUT2D eigenvalue weighted by molar-refractivity contribution is 5.87. The number of rotatable bonds is 8. The number of methoxy groups -OCH3 is 1. The Morgan fingerprint density at radius 3 is 2.72 bits per heavy atom. The second kappa shape index (κ2) is 8.52. The molecule has 0 saturated heterocycles. The van der Waals surface area contributed by atoms with Crippen LogP contribution in [0.15, 0.2) is 24.3 Å².